The lowest BCUT2D eigenvalue weighted by atomic mass is 10.2. The highest BCUT2D eigenvalue weighted by Gasteiger charge is 2.15. The second-order valence-corrected chi connectivity index (χ2v) is 7.07. The molecule has 0 N–H and O–H groups in total. The number of hydrogen-bond donors (Lipinski definition) is 0. The first-order valence-electron chi connectivity index (χ1n) is 5.85. The molecule has 0 radical (unpaired) electrons. The lowest BCUT2D eigenvalue weighted by Gasteiger charge is -2.19. The van der Waals surface area contributed by atoms with Gasteiger partial charge in [-0.05, 0) is 24.6 Å². The van der Waals surface area contributed by atoms with Gasteiger partial charge in [0.25, 0.3) is 0 Å². The zero-order chi connectivity index (χ0) is 13.2. The number of fused-ring (bicyclic) bond motifs is 1. The Morgan fingerprint density at radius 3 is 2.74 bits per heavy atom. The molecular weight excluding hydrogens is 346 g/mol. The maximum Gasteiger partial charge on any atom is 0.162 e. The second kappa shape index (κ2) is 5.73. The van der Waals surface area contributed by atoms with Crippen LogP contribution >= 0.6 is 39.0 Å². The van der Waals surface area contributed by atoms with Crippen LogP contribution in [-0.2, 0) is 5.75 Å². The van der Waals surface area contributed by atoms with Crippen LogP contribution in [0.2, 0.25) is 0 Å². The van der Waals surface area contributed by atoms with Crippen molar-refractivity contribution >= 4 is 39.0 Å². The minimum absolute atomic E-state index is 0.617. The topological polar surface area (TPSA) is 31.4 Å². The molecule has 0 saturated carbocycles. The van der Waals surface area contributed by atoms with E-state index in [0.717, 1.165) is 31.8 Å². The Morgan fingerprint density at radius 1 is 1.32 bits per heavy atom. The third-order valence-electron chi connectivity index (χ3n) is 2.66. The van der Waals surface area contributed by atoms with Crippen molar-refractivity contribution in [3.05, 3.63) is 33.2 Å². The number of nitrogens with zero attached hydrogens (tertiary/aromatic N) is 1. The fourth-order valence-electron chi connectivity index (χ4n) is 1.75. The van der Waals surface area contributed by atoms with Crippen LogP contribution in [0.25, 0.3) is 0 Å². The van der Waals surface area contributed by atoms with Crippen LogP contribution in [-0.4, -0.2) is 18.2 Å². The zero-order valence-corrected chi connectivity index (χ0v) is 13.5. The van der Waals surface area contributed by atoms with E-state index in [9.17, 15) is 0 Å². The summed E-state index contributed by atoms with van der Waals surface area (Å²) in [6, 6.07) is 4.03. The van der Waals surface area contributed by atoms with Crippen molar-refractivity contribution in [2.75, 3.05) is 13.2 Å². The lowest BCUT2D eigenvalue weighted by Crippen LogP contribution is -2.15. The highest BCUT2D eigenvalue weighted by molar-refractivity contribution is 9.10. The molecule has 100 valence electrons. The third kappa shape index (κ3) is 3.07. The van der Waals surface area contributed by atoms with Gasteiger partial charge in [-0.2, -0.15) is 0 Å². The van der Waals surface area contributed by atoms with Crippen LogP contribution in [0.15, 0.2) is 26.3 Å². The van der Waals surface area contributed by atoms with Gasteiger partial charge in [-0.25, -0.2) is 4.98 Å². The summed E-state index contributed by atoms with van der Waals surface area (Å²) in [5, 5.41) is 2.07. The molecule has 1 aromatic heterocycles. The molecule has 0 amide bonds. The van der Waals surface area contributed by atoms with Crippen LogP contribution in [0.4, 0.5) is 0 Å². The van der Waals surface area contributed by atoms with E-state index in [2.05, 4.69) is 26.3 Å². The van der Waals surface area contributed by atoms with Crippen molar-refractivity contribution in [1.82, 2.24) is 4.98 Å². The van der Waals surface area contributed by atoms with E-state index in [1.165, 1.54) is 5.56 Å². The molecule has 3 nitrogen and oxygen atoms in total. The van der Waals surface area contributed by atoms with E-state index in [-0.39, 0.29) is 0 Å². The van der Waals surface area contributed by atoms with Gasteiger partial charge in [0.05, 0.1) is 0 Å². The van der Waals surface area contributed by atoms with E-state index in [0.29, 0.717) is 13.2 Å². The van der Waals surface area contributed by atoms with Gasteiger partial charge < -0.3 is 9.47 Å². The summed E-state index contributed by atoms with van der Waals surface area (Å²) in [5.74, 6) is 2.52. The number of halogens is 1. The number of aromatic nitrogens is 1. The molecule has 0 aliphatic carbocycles. The average Bonchev–Trinajstić information content (AvgIpc) is 2.82. The summed E-state index contributed by atoms with van der Waals surface area (Å²) in [7, 11) is 0. The molecule has 0 saturated heterocycles. The predicted octanol–water partition coefficient (Wildman–Crippen LogP) is 4.28. The molecular formula is C13H12BrNO2S2. The summed E-state index contributed by atoms with van der Waals surface area (Å²) in [5.41, 5.74) is 2.27. The first-order valence-corrected chi connectivity index (χ1v) is 8.51. The Labute approximate surface area is 128 Å². The largest absolute Gasteiger partial charge is 0.486 e. The van der Waals surface area contributed by atoms with Crippen LogP contribution < -0.4 is 9.47 Å². The maximum absolute atomic E-state index is 5.61. The predicted molar refractivity (Wildman–Crippen MR) is 81.5 cm³/mol. The zero-order valence-electron chi connectivity index (χ0n) is 10.3. The molecule has 0 spiro atoms. The monoisotopic (exact) mass is 357 g/mol. The molecule has 1 aromatic carbocycles. The van der Waals surface area contributed by atoms with E-state index >= 15 is 0 Å². The SMILES string of the molecule is Cc1csc(SCc2cc3c(cc2Br)OCCO3)n1. The Balaban J connectivity index is 1.77. The molecule has 0 unspecified atom stereocenters. The van der Waals surface area contributed by atoms with E-state index in [1.54, 1.807) is 23.1 Å². The number of thiazole rings is 1. The standard InChI is InChI=1S/C13H12BrNO2S2/c1-8-6-18-13(15-8)19-7-9-4-11-12(5-10(9)14)17-3-2-16-11/h4-6H,2-3,7H2,1H3. The fourth-order valence-corrected chi connectivity index (χ4v) is 4.24. The summed E-state index contributed by atoms with van der Waals surface area (Å²) >= 11 is 7.01. The normalized spacial score (nSPS) is 13.6. The number of aryl methyl sites for hydroxylation is 1. The van der Waals surface area contributed by atoms with Crippen molar-refractivity contribution in [2.24, 2.45) is 0 Å². The van der Waals surface area contributed by atoms with Gasteiger partial charge in [-0.15, -0.1) is 11.3 Å². The second-order valence-electron chi connectivity index (χ2n) is 4.13. The molecule has 0 bridgehead atoms. The van der Waals surface area contributed by atoms with Crippen LogP contribution in [0.3, 0.4) is 0 Å². The number of ether oxygens (including phenoxy) is 2. The molecule has 19 heavy (non-hydrogen) atoms. The van der Waals surface area contributed by atoms with E-state index in [1.807, 2.05) is 19.1 Å². The number of thioether (sulfide) groups is 1. The summed E-state index contributed by atoms with van der Waals surface area (Å²) < 4.78 is 13.3. The molecule has 3 rings (SSSR count). The van der Waals surface area contributed by atoms with Crippen molar-refractivity contribution in [2.45, 2.75) is 17.0 Å². The van der Waals surface area contributed by atoms with E-state index in [4.69, 9.17) is 9.47 Å². The molecule has 0 atom stereocenters. The maximum atomic E-state index is 5.61. The van der Waals surface area contributed by atoms with Crippen molar-refractivity contribution in [1.29, 1.82) is 0 Å². The molecule has 6 heteroatoms. The Bertz CT molecular complexity index is 600. The summed E-state index contributed by atoms with van der Waals surface area (Å²) in [6.45, 7) is 3.25. The Hall–Kier alpha value is -0.720. The van der Waals surface area contributed by atoms with E-state index < -0.39 is 0 Å². The average molecular weight is 358 g/mol. The Morgan fingerprint density at radius 2 is 2.05 bits per heavy atom. The first kappa shape index (κ1) is 13.3. The lowest BCUT2D eigenvalue weighted by molar-refractivity contribution is 0.171. The highest BCUT2D eigenvalue weighted by atomic mass is 79.9. The molecule has 1 aliphatic rings. The summed E-state index contributed by atoms with van der Waals surface area (Å²) in [4.78, 5) is 4.45. The number of rotatable bonds is 3. The van der Waals surface area contributed by atoms with Crippen LogP contribution in [0, 0.1) is 6.92 Å². The quantitative estimate of drug-likeness (QED) is 0.767. The van der Waals surface area contributed by atoms with Crippen molar-refractivity contribution in [3.8, 4) is 11.5 Å². The third-order valence-corrected chi connectivity index (χ3v) is 5.59. The molecule has 1 aliphatic heterocycles. The first-order chi connectivity index (χ1) is 9.22. The Kier molecular flexibility index (Phi) is 4.00. The number of hydrogen-bond acceptors (Lipinski definition) is 5. The van der Waals surface area contributed by atoms with Gasteiger partial charge in [0.15, 0.2) is 11.5 Å². The number of benzene rings is 1. The van der Waals surface area contributed by atoms with Gasteiger partial charge in [-0.1, -0.05) is 27.7 Å². The molecule has 2 heterocycles. The minimum atomic E-state index is 0.617. The van der Waals surface area contributed by atoms with Gasteiger partial charge >= 0.3 is 0 Å². The highest BCUT2D eigenvalue weighted by Crippen LogP contribution is 2.38. The van der Waals surface area contributed by atoms with Crippen LogP contribution in [0.5, 0.6) is 11.5 Å². The van der Waals surface area contributed by atoms with Gasteiger partial charge in [0.1, 0.15) is 17.6 Å². The molecule has 2 aromatic rings. The smallest absolute Gasteiger partial charge is 0.162 e. The fraction of sp³-hybridized carbons (Fsp3) is 0.308. The van der Waals surface area contributed by atoms with Gasteiger partial charge in [-0.3, -0.25) is 0 Å². The minimum Gasteiger partial charge on any atom is -0.486 e. The molecule has 0 fully saturated rings. The van der Waals surface area contributed by atoms with Gasteiger partial charge in [0, 0.05) is 21.3 Å². The van der Waals surface area contributed by atoms with Crippen LogP contribution in [0.1, 0.15) is 11.3 Å². The van der Waals surface area contributed by atoms with Crippen molar-refractivity contribution in [3.63, 3.8) is 0 Å². The summed E-state index contributed by atoms with van der Waals surface area (Å²) in [6.07, 6.45) is 0. The van der Waals surface area contributed by atoms with Gasteiger partial charge in [0.2, 0.25) is 0 Å². The van der Waals surface area contributed by atoms with Crippen molar-refractivity contribution < 1.29 is 9.47 Å².